The fourth-order valence-electron chi connectivity index (χ4n) is 2.96. The van der Waals surface area contributed by atoms with Gasteiger partial charge in [0.2, 0.25) is 0 Å². The maximum Gasteiger partial charge on any atom is 0.416 e. The summed E-state index contributed by atoms with van der Waals surface area (Å²) in [6.45, 7) is 1.58. The molecule has 1 heterocycles. The first-order valence-electron chi connectivity index (χ1n) is 8.70. The lowest BCUT2D eigenvalue weighted by atomic mass is 10.1. The standard InChI is InChI=1S/C20H18F3N3O2/c21-20(22,23)16-2-1-3-17(12-16)25-8-10-26(11-9-25)19(27)14-28-18-6-4-15(13-24)5-7-18/h1-7,12H,8-11,14H2. The molecule has 1 aliphatic rings. The Balaban J connectivity index is 1.52. The lowest BCUT2D eigenvalue weighted by Crippen LogP contribution is -2.50. The van der Waals surface area contributed by atoms with Gasteiger partial charge in [-0.1, -0.05) is 6.07 Å². The average molecular weight is 389 g/mol. The molecule has 2 aromatic rings. The molecule has 0 atom stereocenters. The van der Waals surface area contributed by atoms with E-state index in [4.69, 9.17) is 10.00 Å². The number of nitrogens with zero attached hydrogens (tertiary/aromatic N) is 3. The molecule has 2 aromatic carbocycles. The van der Waals surface area contributed by atoms with E-state index in [-0.39, 0.29) is 12.5 Å². The highest BCUT2D eigenvalue weighted by atomic mass is 19.4. The molecular formula is C20H18F3N3O2. The molecule has 1 fully saturated rings. The number of hydrogen-bond acceptors (Lipinski definition) is 4. The first kappa shape index (κ1) is 19.5. The van der Waals surface area contributed by atoms with Crippen molar-refractivity contribution in [1.29, 1.82) is 5.26 Å². The number of nitriles is 1. The van der Waals surface area contributed by atoms with E-state index in [0.29, 0.717) is 43.2 Å². The van der Waals surface area contributed by atoms with Crippen LogP contribution in [0, 0.1) is 11.3 Å². The van der Waals surface area contributed by atoms with Crippen LogP contribution in [0.15, 0.2) is 48.5 Å². The molecule has 5 nitrogen and oxygen atoms in total. The molecule has 1 aliphatic heterocycles. The number of carbonyl (C=O) groups is 1. The number of amides is 1. The molecule has 0 saturated carbocycles. The van der Waals surface area contributed by atoms with Crippen molar-refractivity contribution in [2.24, 2.45) is 0 Å². The van der Waals surface area contributed by atoms with Crippen LogP contribution in [0.4, 0.5) is 18.9 Å². The summed E-state index contributed by atoms with van der Waals surface area (Å²) in [7, 11) is 0. The number of hydrogen-bond donors (Lipinski definition) is 0. The maximum atomic E-state index is 12.9. The first-order chi connectivity index (χ1) is 13.4. The van der Waals surface area contributed by atoms with Crippen LogP contribution in [0.1, 0.15) is 11.1 Å². The van der Waals surface area contributed by atoms with Gasteiger partial charge in [-0.2, -0.15) is 18.4 Å². The van der Waals surface area contributed by atoms with E-state index < -0.39 is 11.7 Å². The van der Waals surface area contributed by atoms with Gasteiger partial charge in [0.15, 0.2) is 6.61 Å². The Labute approximate surface area is 160 Å². The number of benzene rings is 2. The van der Waals surface area contributed by atoms with E-state index in [9.17, 15) is 18.0 Å². The number of carbonyl (C=O) groups excluding carboxylic acids is 1. The number of rotatable bonds is 4. The van der Waals surface area contributed by atoms with Gasteiger partial charge in [0.25, 0.3) is 5.91 Å². The van der Waals surface area contributed by atoms with Crippen molar-refractivity contribution in [3.63, 3.8) is 0 Å². The van der Waals surface area contributed by atoms with Gasteiger partial charge in [0, 0.05) is 31.9 Å². The van der Waals surface area contributed by atoms with Gasteiger partial charge >= 0.3 is 6.18 Å². The largest absolute Gasteiger partial charge is 0.484 e. The van der Waals surface area contributed by atoms with Gasteiger partial charge in [-0.25, -0.2) is 0 Å². The van der Waals surface area contributed by atoms with Gasteiger partial charge in [-0.3, -0.25) is 4.79 Å². The van der Waals surface area contributed by atoms with E-state index in [1.54, 1.807) is 35.2 Å². The Morgan fingerprint density at radius 3 is 2.36 bits per heavy atom. The molecule has 3 rings (SSSR count). The van der Waals surface area contributed by atoms with E-state index >= 15 is 0 Å². The van der Waals surface area contributed by atoms with Crippen LogP contribution in [0.5, 0.6) is 5.75 Å². The zero-order valence-corrected chi connectivity index (χ0v) is 14.9. The third-order valence-corrected chi connectivity index (χ3v) is 4.52. The third-order valence-electron chi connectivity index (χ3n) is 4.52. The van der Waals surface area contributed by atoms with Crippen molar-refractivity contribution in [2.75, 3.05) is 37.7 Å². The number of ether oxygens (including phenoxy) is 1. The summed E-state index contributed by atoms with van der Waals surface area (Å²) in [6, 6.07) is 13.7. The molecule has 0 N–H and O–H groups in total. The molecule has 0 bridgehead atoms. The number of anilines is 1. The number of halogens is 3. The normalized spacial score (nSPS) is 14.5. The van der Waals surface area contributed by atoms with Crippen LogP contribution in [-0.2, 0) is 11.0 Å². The molecule has 0 aliphatic carbocycles. The Bertz CT molecular complexity index is 868. The van der Waals surface area contributed by atoms with Gasteiger partial charge in [-0.05, 0) is 42.5 Å². The summed E-state index contributed by atoms with van der Waals surface area (Å²) in [5, 5.41) is 8.76. The summed E-state index contributed by atoms with van der Waals surface area (Å²) in [5.41, 5.74) is 0.319. The van der Waals surface area contributed by atoms with Crippen molar-refractivity contribution in [2.45, 2.75) is 6.18 Å². The molecule has 1 amide bonds. The highest BCUT2D eigenvalue weighted by molar-refractivity contribution is 5.78. The predicted octanol–water partition coefficient (Wildman–Crippen LogP) is 3.30. The molecule has 8 heteroatoms. The summed E-state index contributed by atoms with van der Waals surface area (Å²) < 4.78 is 44.1. The molecule has 0 spiro atoms. The van der Waals surface area contributed by atoms with Gasteiger partial charge in [-0.15, -0.1) is 0 Å². The van der Waals surface area contributed by atoms with Crippen LogP contribution < -0.4 is 9.64 Å². The Morgan fingerprint density at radius 1 is 1.07 bits per heavy atom. The lowest BCUT2D eigenvalue weighted by molar-refractivity contribution is -0.137. The maximum absolute atomic E-state index is 12.9. The molecule has 28 heavy (non-hydrogen) atoms. The quantitative estimate of drug-likeness (QED) is 0.805. The number of alkyl halides is 3. The van der Waals surface area contributed by atoms with E-state index in [1.807, 2.05) is 11.0 Å². The minimum absolute atomic E-state index is 0.130. The van der Waals surface area contributed by atoms with Crippen molar-refractivity contribution < 1.29 is 22.7 Å². The van der Waals surface area contributed by atoms with Crippen LogP contribution >= 0.6 is 0 Å². The summed E-state index contributed by atoms with van der Waals surface area (Å²) in [4.78, 5) is 15.8. The summed E-state index contributed by atoms with van der Waals surface area (Å²) in [5.74, 6) is 0.308. The second-order valence-corrected chi connectivity index (χ2v) is 6.34. The Kier molecular flexibility index (Phi) is 5.73. The van der Waals surface area contributed by atoms with Crippen molar-refractivity contribution in [3.05, 3.63) is 59.7 Å². The monoisotopic (exact) mass is 389 g/mol. The zero-order chi connectivity index (χ0) is 20.1. The SMILES string of the molecule is N#Cc1ccc(OCC(=O)N2CCN(c3cccc(C(F)(F)F)c3)CC2)cc1. The summed E-state index contributed by atoms with van der Waals surface area (Å²) >= 11 is 0. The van der Waals surface area contributed by atoms with Crippen LogP contribution in [-0.4, -0.2) is 43.6 Å². The predicted molar refractivity (Wildman–Crippen MR) is 96.9 cm³/mol. The lowest BCUT2D eigenvalue weighted by Gasteiger charge is -2.36. The highest BCUT2D eigenvalue weighted by Crippen LogP contribution is 2.31. The van der Waals surface area contributed by atoms with Gasteiger partial charge in [0.1, 0.15) is 5.75 Å². The van der Waals surface area contributed by atoms with Crippen LogP contribution in [0.3, 0.4) is 0 Å². The smallest absolute Gasteiger partial charge is 0.416 e. The molecule has 146 valence electrons. The minimum Gasteiger partial charge on any atom is -0.484 e. The second-order valence-electron chi connectivity index (χ2n) is 6.34. The van der Waals surface area contributed by atoms with Crippen molar-refractivity contribution in [3.8, 4) is 11.8 Å². The second kappa shape index (κ2) is 8.21. The van der Waals surface area contributed by atoms with Gasteiger partial charge in [0.05, 0.1) is 17.2 Å². The topological polar surface area (TPSA) is 56.6 Å². The van der Waals surface area contributed by atoms with Crippen LogP contribution in [0.2, 0.25) is 0 Å². The van der Waals surface area contributed by atoms with Gasteiger partial charge < -0.3 is 14.5 Å². The van der Waals surface area contributed by atoms with E-state index in [1.165, 1.54) is 6.07 Å². The minimum atomic E-state index is -4.38. The molecule has 0 aromatic heterocycles. The van der Waals surface area contributed by atoms with E-state index in [2.05, 4.69) is 0 Å². The zero-order valence-electron chi connectivity index (χ0n) is 14.9. The highest BCUT2D eigenvalue weighted by Gasteiger charge is 2.31. The third kappa shape index (κ3) is 4.74. The fraction of sp³-hybridized carbons (Fsp3) is 0.300. The Hall–Kier alpha value is -3.21. The first-order valence-corrected chi connectivity index (χ1v) is 8.70. The number of piperazine rings is 1. The molecular weight excluding hydrogens is 371 g/mol. The summed E-state index contributed by atoms with van der Waals surface area (Å²) in [6.07, 6.45) is -4.38. The van der Waals surface area contributed by atoms with Crippen molar-refractivity contribution in [1.82, 2.24) is 4.90 Å². The van der Waals surface area contributed by atoms with Crippen LogP contribution in [0.25, 0.3) is 0 Å². The van der Waals surface area contributed by atoms with E-state index in [0.717, 1.165) is 12.1 Å². The average Bonchev–Trinajstić information content (AvgIpc) is 2.72. The van der Waals surface area contributed by atoms with Crippen molar-refractivity contribution >= 4 is 11.6 Å². The molecule has 0 unspecified atom stereocenters. The fourth-order valence-corrected chi connectivity index (χ4v) is 2.96. The molecule has 0 radical (unpaired) electrons. The molecule has 1 saturated heterocycles. The Morgan fingerprint density at radius 2 is 1.75 bits per heavy atom.